The van der Waals surface area contributed by atoms with E-state index < -0.39 is 5.82 Å². The molecule has 0 saturated carbocycles. The quantitative estimate of drug-likeness (QED) is 0.737. The molecule has 6 heteroatoms. The number of halogens is 1. The Morgan fingerprint density at radius 1 is 1.30 bits per heavy atom. The zero-order valence-corrected chi connectivity index (χ0v) is 11.5. The number of nitrogens with zero attached hydrogens (tertiary/aromatic N) is 1. The van der Waals surface area contributed by atoms with Crippen LogP contribution in [0.4, 0.5) is 4.39 Å². The van der Waals surface area contributed by atoms with Gasteiger partial charge in [0.25, 0.3) is 0 Å². The summed E-state index contributed by atoms with van der Waals surface area (Å²) in [5.41, 5.74) is 0. The van der Waals surface area contributed by atoms with Crippen molar-refractivity contribution in [1.29, 1.82) is 0 Å². The molecule has 0 spiro atoms. The molecule has 1 amide bonds. The van der Waals surface area contributed by atoms with Crippen LogP contribution >= 0.6 is 0 Å². The number of amides is 1. The third-order valence-corrected chi connectivity index (χ3v) is 2.70. The molecule has 0 aliphatic heterocycles. The van der Waals surface area contributed by atoms with Crippen molar-refractivity contribution >= 4 is 5.91 Å². The van der Waals surface area contributed by atoms with Gasteiger partial charge in [-0.3, -0.25) is 4.79 Å². The number of benzene rings is 1. The minimum atomic E-state index is -0.452. The molecule has 0 aliphatic rings. The largest absolute Gasteiger partial charge is 0.490 e. The number of aliphatic hydroxyl groups is 1. The predicted molar refractivity (Wildman–Crippen MR) is 72.1 cm³/mol. The number of aliphatic hydroxyl groups excluding tert-OH is 1. The Morgan fingerprint density at radius 3 is 2.70 bits per heavy atom. The summed E-state index contributed by atoms with van der Waals surface area (Å²) in [4.78, 5) is 13.4. The number of hydrogen-bond acceptors (Lipinski definition) is 4. The van der Waals surface area contributed by atoms with Crippen LogP contribution in [-0.2, 0) is 9.53 Å². The second kappa shape index (κ2) is 9.28. The Bertz CT molecular complexity index is 414. The number of rotatable bonds is 9. The van der Waals surface area contributed by atoms with E-state index in [1.807, 2.05) is 0 Å². The second-order valence-corrected chi connectivity index (χ2v) is 4.13. The summed E-state index contributed by atoms with van der Waals surface area (Å²) in [6.45, 7) is 1.05. The molecule has 0 radical (unpaired) electrons. The van der Waals surface area contributed by atoms with Gasteiger partial charge in [0, 0.05) is 20.2 Å². The lowest BCUT2D eigenvalue weighted by Crippen LogP contribution is -2.36. The number of para-hydroxylation sites is 1. The lowest BCUT2D eigenvalue weighted by atomic mass is 10.3. The molecule has 0 fully saturated rings. The maximum absolute atomic E-state index is 13.3. The van der Waals surface area contributed by atoms with Gasteiger partial charge < -0.3 is 19.5 Å². The van der Waals surface area contributed by atoms with Gasteiger partial charge in [0.1, 0.15) is 0 Å². The van der Waals surface area contributed by atoms with Gasteiger partial charge in [0.15, 0.2) is 11.6 Å². The molecule has 0 aromatic heterocycles. The lowest BCUT2D eigenvalue weighted by Gasteiger charge is -2.21. The van der Waals surface area contributed by atoms with E-state index in [4.69, 9.17) is 14.6 Å². The molecule has 0 heterocycles. The van der Waals surface area contributed by atoms with Gasteiger partial charge in [-0.15, -0.1) is 0 Å². The van der Waals surface area contributed by atoms with Crippen molar-refractivity contribution in [2.75, 3.05) is 40.0 Å². The van der Waals surface area contributed by atoms with E-state index in [0.29, 0.717) is 13.2 Å². The first-order valence-electron chi connectivity index (χ1n) is 6.44. The fourth-order valence-corrected chi connectivity index (χ4v) is 1.65. The Morgan fingerprint density at radius 2 is 2.05 bits per heavy atom. The first-order chi connectivity index (χ1) is 9.69. The van der Waals surface area contributed by atoms with E-state index in [2.05, 4.69) is 0 Å². The minimum absolute atomic E-state index is 0.0919. The molecular formula is C14H20FNO4. The first-order valence-corrected chi connectivity index (χ1v) is 6.44. The molecule has 0 atom stereocenters. The van der Waals surface area contributed by atoms with Crippen molar-refractivity contribution in [3.63, 3.8) is 0 Å². The summed E-state index contributed by atoms with van der Waals surface area (Å²) in [7, 11) is 1.54. The zero-order chi connectivity index (χ0) is 14.8. The van der Waals surface area contributed by atoms with Crippen molar-refractivity contribution in [1.82, 2.24) is 4.90 Å². The maximum Gasteiger partial charge on any atom is 0.226 e. The average Bonchev–Trinajstić information content (AvgIpc) is 2.45. The van der Waals surface area contributed by atoms with Crippen LogP contribution in [0.25, 0.3) is 0 Å². The summed E-state index contributed by atoms with van der Waals surface area (Å²) in [5.74, 6) is -0.482. The fourth-order valence-electron chi connectivity index (χ4n) is 1.65. The highest BCUT2D eigenvalue weighted by Crippen LogP contribution is 2.15. The summed E-state index contributed by atoms with van der Waals surface area (Å²) >= 11 is 0. The second-order valence-electron chi connectivity index (χ2n) is 4.13. The van der Waals surface area contributed by atoms with E-state index >= 15 is 0 Å². The van der Waals surface area contributed by atoms with Crippen LogP contribution in [0.2, 0.25) is 0 Å². The Labute approximate surface area is 117 Å². The van der Waals surface area contributed by atoms with Gasteiger partial charge in [-0.05, 0) is 12.1 Å². The van der Waals surface area contributed by atoms with Crippen LogP contribution in [-0.4, -0.2) is 55.9 Å². The molecule has 1 aromatic rings. The van der Waals surface area contributed by atoms with Crippen LogP contribution in [0.15, 0.2) is 24.3 Å². The highest BCUT2D eigenvalue weighted by atomic mass is 19.1. The van der Waals surface area contributed by atoms with Crippen LogP contribution < -0.4 is 4.74 Å². The Hall–Kier alpha value is -1.66. The normalized spacial score (nSPS) is 10.3. The number of carbonyl (C=O) groups excluding carboxylic acids is 1. The summed E-state index contributed by atoms with van der Waals surface area (Å²) in [5, 5.41) is 8.91. The van der Waals surface area contributed by atoms with Gasteiger partial charge in [0.05, 0.1) is 26.2 Å². The van der Waals surface area contributed by atoms with Crippen molar-refractivity contribution in [2.45, 2.75) is 6.42 Å². The Kier molecular flexibility index (Phi) is 7.60. The number of hydrogen-bond donors (Lipinski definition) is 1. The van der Waals surface area contributed by atoms with Gasteiger partial charge in [-0.2, -0.15) is 0 Å². The van der Waals surface area contributed by atoms with Gasteiger partial charge in [0.2, 0.25) is 5.91 Å². The fraction of sp³-hybridized carbons (Fsp3) is 0.500. The molecule has 0 aliphatic carbocycles. The van der Waals surface area contributed by atoms with Crippen molar-refractivity contribution in [3.8, 4) is 5.75 Å². The SMILES string of the molecule is COCCN(CCO)C(=O)CCOc1ccccc1F. The highest BCUT2D eigenvalue weighted by Gasteiger charge is 2.13. The van der Waals surface area contributed by atoms with Crippen LogP contribution in [0, 0.1) is 5.82 Å². The number of methoxy groups -OCH3 is 1. The molecular weight excluding hydrogens is 265 g/mol. The standard InChI is InChI=1S/C14H20FNO4/c1-19-11-8-16(7-9-17)14(18)6-10-20-13-5-3-2-4-12(13)15/h2-5,17H,6-11H2,1H3. The third-order valence-electron chi connectivity index (χ3n) is 2.70. The molecule has 1 N–H and O–H groups in total. The van der Waals surface area contributed by atoms with Crippen LogP contribution in [0.5, 0.6) is 5.75 Å². The van der Waals surface area contributed by atoms with Crippen molar-refractivity contribution in [3.05, 3.63) is 30.1 Å². The molecule has 112 valence electrons. The average molecular weight is 285 g/mol. The van der Waals surface area contributed by atoms with Crippen molar-refractivity contribution < 1.29 is 23.8 Å². The van der Waals surface area contributed by atoms with Gasteiger partial charge in [-0.1, -0.05) is 12.1 Å². The topological polar surface area (TPSA) is 59.0 Å². The number of carbonyl (C=O) groups is 1. The third kappa shape index (κ3) is 5.54. The minimum Gasteiger partial charge on any atom is -0.490 e. The van der Waals surface area contributed by atoms with E-state index in [1.165, 1.54) is 17.0 Å². The van der Waals surface area contributed by atoms with Gasteiger partial charge >= 0.3 is 0 Å². The summed E-state index contributed by atoms with van der Waals surface area (Å²) in [6.07, 6.45) is 0.123. The molecule has 0 unspecified atom stereocenters. The summed E-state index contributed by atoms with van der Waals surface area (Å²) in [6, 6.07) is 6.04. The molecule has 0 bridgehead atoms. The predicted octanol–water partition coefficient (Wildman–Crippen LogP) is 1.06. The summed E-state index contributed by atoms with van der Waals surface area (Å²) < 4.78 is 23.4. The smallest absolute Gasteiger partial charge is 0.226 e. The van der Waals surface area contributed by atoms with E-state index in [1.54, 1.807) is 19.2 Å². The molecule has 0 saturated heterocycles. The van der Waals surface area contributed by atoms with Gasteiger partial charge in [-0.25, -0.2) is 4.39 Å². The van der Waals surface area contributed by atoms with E-state index in [-0.39, 0.29) is 37.8 Å². The molecule has 1 aromatic carbocycles. The monoisotopic (exact) mass is 285 g/mol. The van der Waals surface area contributed by atoms with E-state index in [9.17, 15) is 9.18 Å². The van der Waals surface area contributed by atoms with Crippen LogP contribution in [0.3, 0.4) is 0 Å². The Balaban J connectivity index is 2.38. The van der Waals surface area contributed by atoms with Crippen LogP contribution in [0.1, 0.15) is 6.42 Å². The first kappa shape index (κ1) is 16.4. The number of ether oxygens (including phenoxy) is 2. The van der Waals surface area contributed by atoms with Crippen molar-refractivity contribution in [2.24, 2.45) is 0 Å². The molecule has 20 heavy (non-hydrogen) atoms. The highest BCUT2D eigenvalue weighted by molar-refractivity contribution is 5.76. The maximum atomic E-state index is 13.3. The lowest BCUT2D eigenvalue weighted by molar-refractivity contribution is -0.132. The molecule has 1 rings (SSSR count). The van der Waals surface area contributed by atoms with E-state index in [0.717, 1.165) is 0 Å². The zero-order valence-electron chi connectivity index (χ0n) is 11.5. The molecule has 5 nitrogen and oxygen atoms in total.